The zero-order valence-corrected chi connectivity index (χ0v) is 8.21. The van der Waals surface area contributed by atoms with Gasteiger partial charge in [0, 0.05) is 11.5 Å². The summed E-state index contributed by atoms with van der Waals surface area (Å²) in [5.41, 5.74) is 0.398. The van der Waals surface area contributed by atoms with Crippen LogP contribution in [-0.4, -0.2) is 19.4 Å². The molecule has 78 valence electrons. The normalized spacial score (nSPS) is 10.8. The lowest BCUT2D eigenvalue weighted by Crippen LogP contribution is -2.17. The molecule has 0 atom stereocenters. The van der Waals surface area contributed by atoms with Crippen molar-refractivity contribution in [3.63, 3.8) is 0 Å². The van der Waals surface area contributed by atoms with Gasteiger partial charge < -0.3 is 9.73 Å². The molecule has 0 radical (unpaired) electrons. The minimum absolute atomic E-state index is 0.144. The molecule has 3 nitrogen and oxygen atoms in total. The molecule has 2 aromatic rings. The highest BCUT2D eigenvalue weighted by Crippen LogP contribution is 2.20. The molecule has 4 heteroatoms. The van der Waals surface area contributed by atoms with E-state index in [1.54, 1.807) is 19.2 Å². The quantitative estimate of drug-likeness (QED) is 0.782. The molecule has 15 heavy (non-hydrogen) atoms. The SMILES string of the molecule is CNCC(=O)c1cc2ccc(F)cc2o1. The van der Waals surface area contributed by atoms with Crippen LogP contribution in [0.25, 0.3) is 11.0 Å². The first-order chi connectivity index (χ1) is 7.20. The highest BCUT2D eigenvalue weighted by Gasteiger charge is 2.11. The van der Waals surface area contributed by atoms with Crippen LogP contribution >= 0.6 is 0 Å². The van der Waals surface area contributed by atoms with Gasteiger partial charge in [-0.2, -0.15) is 0 Å². The molecule has 0 aliphatic carbocycles. The van der Waals surface area contributed by atoms with Crippen molar-refractivity contribution in [1.29, 1.82) is 0 Å². The molecule has 0 fully saturated rings. The Morgan fingerprint density at radius 2 is 2.27 bits per heavy atom. The number of ketones is 1. The van der Waals surface area contributed by atoms with Gasteiger partial charge >= 0.3 is 0 Å². The van der Waals surface area contributed by atoms with Crippen molar-refractivity contribution in [1.82, 2.24) is 5.32 Å². The Bertz CT molecular complexity index is 504. The van der Waals surface area contributed by atoms with Gasteiger partial charge in [0.1, 0.15) is 11.4 Å². The van der Waals surface area contributed by atoms with Crippen molar-refractivity contribution in [2.75, 3.05) is 13.6 Å². The molecule has 2 rings (SSSR count). The van der Waals surface area contributed by atoms with Gasteiger partial charge in [-0.3, -0.25) is 4.79 Å². The van der Waals surface area contributed by atoms with Crippen molar-refractivity contribution in [2.45, 2.75) is 0 Å². The Labute approximate surface area is 85.9 Å². The monoisotopic (exact) mass is 207 g/mol. The van der Waals surface area contributed by atoms with Crippen molar-refractivity contribution >= 4 is 16.8 Å². The lowest BCUT2D eigenvalue weighted by Gasteiger charge is -1.93. The molecule has 0 saturated carbocycles. The van der Waals surface area contributed by atoms with Crippen molar-refractivity contribution in [3.8, 4) is 0 Å². The third-order valence-electron chi connectivity index (χ3n) is 2.09. The lowest BCUT2D eigenvalue weighted by atomic mass is 10.2. The number of nitrogens with one attached hydrogen (secondary N) is 1. The fourth-order valence-corrected chi connectivity index (χ4v) is 1.39. The van der Waals surface area contributed by atoms with Crippen LogP contribution in [-0.2, 0) is 0 Å². The minimum Gasteiger partial charge on any atom is -0.453 e. The number of carbonyl (C=O) groups excluding carboxylic acids is 1. The van der Waals surface area contributed by atoms with Gasteiger partial charge in [-0.1, -0.05) is 0 Å². The smallest absolute Gasteiger partial charge is 0.211 e. The number of carbonyl (C=O) groups is 1. The van der Waals surface area contributed by atoms with E-state index in [2.05, 4.69) is 5.32 Å². The van der Waals surface area contributed by atoms with E-state index in [0.29, 0.717) is 5.58 Å². The van der Waals surface area contributed by atoms with Crippen molar-refractivity contribution in [3.05, 3.63) is 35.8 Å². The predicted molar refractivity (Wildman–Crippen MR) is 54.4 cm³/mol. The topological polar surface area (TPSA) is 42.2 Å². The average molecular weight is 207 g/mol. The predicted octanol–water partition coefficient (Wildman–Crippen LogP) is 1.97. The number of hydrogen-bond donors (Lipinski definition) is 1. The second kappa shape index (κ2) is 3.82. The van der Waals surface area contributed by atoms with E-state index in [1.807, 2.05) is 0 Å². The maximum absolute atomic E-state index is 12.8. The minimum atomic E-state index is -0.371. The van der Waals surface area contributed by atoms with Gasteiger partial charge in [-0.25, -0.2) is 4.39 Å². The third kappa shape index (κ3) is 1.89. The summed E-state index contributed by atoms with van der Waals surface area (Å²) in [5, 5.41) is 3.47. The molecular weight excluding hydrogens is 197 g/mol. The van der Waals surface area contributed by atoms with E-state index in [-0.39, 0.29) is 23.9 Å². The molecule has 0 saturated heterocycles. The molecule has 1 heterocycles. The number of halogens is 1. The Hall–Kier alpha value is -1.68. The van der Waals surface area contributed by atoms with E-state index >= 15 is 0 Å². The standard InChI is InChI=1S/C11H10FNO2/c1-13-6-9(14)11-4-7-2-3-8(12)5-10(7)15-11/h2-5,13H,6H2,1H3. The summed E-state index contributed by atoms with van der Waals surface area (Å²) in [4.78, 5) is 11.4. The molecule has 0 bridgehead atoms. The average Bonchev–Trinajstić information content (AvgIpc) is 2.60. The van der Waals surface area contributed by atoms with Gasteiger partial charge in [0.15, 0.2) is 5.76 Å². The molecule has 0 spiro atoms. The van der Waals surface area contributed by atoms with Crippen LogP contribution in [0.15, 0.2) is 28.7 Å². The first-order valence-electron chi connectivity index (χ1n) is 4.57. The Morgan fingerprint density at radius 1 is 1.47 bits per heavy atom. The Balaban J connectivity index is 2.42. The first-order valence-corrected chi connectivity index (χ1v) is 4.57. The molecule has 0 amide bonds. The largest absolute Gasteiger partial charge is 0.453 e. The van der Waals surface area contributed by atoms with Crippen LogP contribution < -0.4 is 5.32 Å². The van der Waals surface area contributed by atoms with Gasteiger partial charge in [-0.15, -0.1) is 0 Å². The van der Waals surface area contributed by atoms with Gasteiger partial charge in [0.2, 0.25) is 5.78 Å². The zero-order chi connectivity index (χ0) is 10.8. The van der Waals surface area contributed by atoms with E-state index < -0.39 is 0 Å². The summed E-state index contributed by atoms with van der Waals surface area (Å²) in [6.07, 6.45) is 0. The van der Waals surface area contributed by atoms with Crippen LogP contribution in [0.1, 0.15) is 10.6 Å². The van der Waals surface area contributed by atoms with E-state index in [4.69, 9.17) is 4.42 Å². The summed E-state index contributed by atoms with van der Waals surface area (Å²) in [6.45, 7) is 0.211. The highest BCUT2D eigenvalue weighted by atomic mass is 19.1. The molecule has 0 aliphatic rings. The zero-order valence-electron chi connectivity index (χ0n) is 8.21. The molecule has 1 N–H and O–H groups in total. The van der Waals surface area contributed by atoms with Crippen LogP contribution in [0.4, 0.5) is 4.39 Å². The number of fused-ring (bicyclic) bond motifs is 1. The fourth-order valence-electron chi connectivity index (χ4n) is 1.39. The van der Waals surface area contributed by atoms with E-state index in [9.17, 15) is 9.18 Å². The summed E-state index contributed by atoms with van der Waals surface area (Å²) in [5.74, 6) is -0.261. The number of Topliss-reactive ketones (excluding diaryl/α,β-unsaturated/α-hetero) is 1. The summed E-state index contributed by atoms with van der Waals surface area (Å²) in [7, 11) is 1.68. The fraction of sp³-hybridized carbons (Fsp3) is 0.182. The van der Waals surface area contributed by atoms with Gasteiger partial charge in [-0.05, 0) is 25.2 Å². The van der Waals surface area contributed by atoms with Crippen LogP contribution in [0.2, 0.25) is 0 Å². The number of likely N-dealkylation sites (N-methyl/N-ethyl adjacent to an activating group) is 1. The molecule has 1 aromatic carbocycles. The van der Waals surface area contributed by atoms with Crippen molar-refractivity contribution < 1.29 is 13.6 Å². The summed E-state index contributed by atoms with van der Waals surface area (Å²) >= 11 is 0. The number of rotatable bonds is 3. The first kappa shape index (κ1) is 9.86. The number of benzene rings is 1. The molecular formula is C11H10FNO2. The second-order valence-corrected chi connectivity index (χ2v) is 3.25. The Morgan fingerprint density at radius 3 is 3.00 bits per heavy atom. The number of furan rings is 1. The molecule has 0 aliphatic heterocycles. The van der Waals surface area contributed by atoms with E-state index in [1.165, 1.54) is 12.1 Å². The third-order valence-corrected chi connectivity index (χ3v) is 2.09. The van der Waals surface area contributed by atoms with Crippen LogP contribution in [0.5, 0.6) is 0 Å². The number of hydrogen-bond acceptors (Lipinski definition) is 3. The lowest BCUT2D eigenvalue weighted by molar-refractivity contribution is 0.0969. The molecule has 0 unspecified atom stereocenters. The second-order valence-electron chi connectivity index (χ2n) is 3.25. The molecule has 1 aromatic heterocycles. The highest BCUT2D eigenvalue weighted by molar-refractivity contribution is 5.98. The van der Waals surface area contributed by atoms with Crippen LogP contribution in [0, 0.1) is 5.82 Å². The van der Waals surface area contributed by atoms with Crippen molar-refractivity contribution in [2.24, 2.45) is 0 Å². The van der Waals surface area contributed by atoms with E-state index in [0.717, 1.165) is 5.39 Å². The summed E-state index contributed by atoms with van der Waals surface area (Å²) < 4.78 is 18.1. The van der Waals surface area contributed by atoms with Gasteiger partial charge in [0.25, 0.3) is 0 Å². The Kier molecular flexibility index (Phi) is 2.51. The maximum atomic E-state index is 12.8. The maximum Gasteiger partial charge on any atom is 0.211 e. The van der Waals surface area contributed by atoms with Crippen LogP contribution in [0.3, 0.4) is 0 Å². The summed E-state index contributed by atoms with van der Waals surface area (Å²) in [6, 6.07) is 5.81. The van der Waals surface area contributed by atoms with Gasteiger partial charge in [0.05, 0.1) is 6.54 Å².